The Morgan fingerprint density at radius 1 is 1.06 bits per heavy atom. The third kappa shape index (κ3) is 3.22. The standard InChI is InChI=1S/C15H25NSi/c1-5-17(6-2,7-3)15-10-8-14(9-11-15)12-13(4)16/h8-11H,4-7,12,16H2,1-3H3. The molecule has 0 heterocycles. The summed E-state index contributed by atoms with van der Waals surface area (Å²) in [4.78, 5) is 0. The average molecular weight is 247 g/mol. The zero-order valence-corrected chi connectivity index (χ0v) is 12.4. The smallest absolute Gasteiger partial charge is 0.0859 e. The second kappa shape index (κ2) is 6.06. The number of allylic oxidation sites excluding steroid dienone is 1. The van der Waals surface area contributed by atoms with Crippen LogP contribution in [0.1, 0.15) is 26.3 Å². The Morgan fingerprint density at radius 2 is 1.53 bits per heavy atom. The van der Waals surface area contributed by atoms with Crippen LogP contribution >= 0.6 is 0 Å². The lowest BCUT2D eigenvalue weighted by molar-refractivity contribution is 1.12. The molecule has 0 fully saturated rings. The summed E-state index contributed by atoms with van der Waals surface area (Å²) in [5.41, 5.74) is 7.65. The predicted molar refractivity (Wildman–Crippen MR) is 80.3 cm³/mol. The van der Waals surface area contributed by atoms with E-state index in [1.165, 1.54) is 23.7 Å². The van der Waals surface area contributed by atoms with Gasteiger partial charge in [0.25, 0.3) is 0 Å². The number of benzene rings is 1. The molecule has 17 heavy (non-hydrogen) atoms. The first-order chi connectivity index (χ1) is 8.07. The maximum absolute atomic E-state index is 5.64. The normalized spacial score (nSPS) is 11.5. The van der Waals surface area contributed by atoms with Gasteiger partial charge in [0, 0.05) is 12.1 Å². The van der Waals surface area contributed by atoms with Crippen LogP contribution in [-0.4, -0.2) is 8.07 Å². The molecule has 2 N–H and O–H groups in total. The maximum atomic E-state index is 5.64. The summed E-state index contributed by atoms with van der Waals surface area (Å²) in [6, 6.07) is 13.1. The molecule has 0 saturated carbocycles. The molecule has 0 radical (unpaired) electrons. The lowest BCUT2D eigenvalue weighted by Crippen LogP contribution is -2.45. The summed E-state index contributed by atoms with van der Waals surface area (Å²) in [5.74, 6) is 0. The van der Waals surface area contributed by atoms with Gasteiger partial charge in [-0.1, -0.05) is 74.9 Å². The Hall–Kier alpha value is -1.02. The molecule has 1 aromatic rings. The van der Waals surface area contributed by atoms with E-state index in [1.54, 1.807) is 5.19 Å². The second-order valence-electron chi connectivity index (χ2n) is 4.87. The Morgan fingerprint density at radius 3 is 1.88 bits per heavy atom. The van der Waals surface area contributed by atoms with Gasteiger partial charge >= 0.3 is 0 Å². The van der Waals surface area contributed by atoms with Crippen molar-refractivity contribution in [1.82, 2.24) is 0 Å². The molecule has 0 amide bonds. The molecule has 0 aliphatic carbocycles. The average Bonchev–Trinajstić information content (AvgIpc) is 2.33. The minimum absolute atomic E-state index is 0.739. The lowest BCUT2D eigenvalue weighted by Gasteiger charge is -2.28. The molecule has 0 aliphatic rings. The van der Waals surface area contributed by atoms with E-state index in [1.807, 2.05) is 0 Å². The van der Waals surface area contributed by atoms with Crippen LogP contribution in [0.15, 0.2) is 36.5 Å². The fourth-order valence-electron chi connectivity index (χ4n) is 2.60. The highest BCUT2D eigenvalue weighted by molar-refractivity contribution is 6.91. The Kier molecular flexibility index (Phi) is 5.00. The molecule has 94 valence electrons. The molecule has 0 atom stereocenters. The number of hydrogen-bond acceptors (Lipinski definition) is 1. The van der Waals surface area contributed by atoms with Crippen LogP contribution in [0, 0.1) is 0 Å². The molecule has 1 rings (SSSR count). The van der Waals surface area contributed by atoms with Crippen LogP contribution in [-0.2, 0) is 6.42 Å². The van der Waals surface area contributed by atoms with Gasteiger partial charge in [-0.05, 0) is 5.56 Å². The maximum Gasteiger partial charge on any atom is 0.0859 e. The van der Waals surface area contributed by atoms with Gasteiger partial charge in [-0.25, -0.2) is 0 Å². The van der Waals surface area contributed by atoms with Crippen molar-refractivity contribution in [3.8, 4) is 0 Å². The zero-order valence-electron chi connectivity index (χ0n) is 11.4. The minimum Gasteiger partial charge on any atom is -0.402 e. The molecule has 0 saturated heterocycles. The van der Waals surface area contributed by atoms with Crippen LogP contribution in [0.3, 0.4) is 0 Å². The van der Waals surface area contributed by atoms with Crippen LogP contribution < -0.4 is 10.9 Å². The topological polar surface area (TPSA) is 26.0 Å². The number of rotatable bonds is 6. The van der Waals surface area contributed by atoms with Gasteiger partial charge in [-0.3, -0.25) is 0 Å². The van der Waals surface area contributed by atoms with E-state index < -0.39 is 8.07 Å². The van der Waals surface area contributed by atoms with Gasteiger partial charge < -0.3 is 5.73 Å². The van der Waals surface area contributed by atoms with Crippen molar-refractivity contribution in [1.29, 1.82) is 0 Å². The van der Waals surface area contributed by atoms with Gasteiger partial charge in [0.1, 0.15) is 0 Å². The van der Waals surface area contributed by atoms with Crippen molar-refractivity contribution in [3.63, 3.8) is 0 Å². The minimum atomic E-state index is -1.21. The molecular formula is C15H25NSi. The Labute approximate surface area is 107 Å². The quantitative estimate of drug-likeness (QED) is 0.766. The first kappa shape index (κ1) is 14.0. The highest BCUT2D eigenvalue weighted by atomic mass is 28.3. The summed E-state index contributed by atoms with van der Waals surface area (Å²) in [6.45, 7) is 10.8. The number of hydrogen-bond donors (Lipinski definition) is 1. The van der Waals surface area contributed by atoms with Crippen LogP contribution in [0.25, 0.3) is 0 Å². The molecule has 2 heteroatoms. The molecular weight excluding hydrogens is 222 g/mol. The summed E-state index contributed by atoms with van der Waals surface area (Å²) < 4.78 is 0. The van der Waals surface area contributed by atoms with Crippen LogP contribution in [0.5, 0.6) is 0 Å². The first-order valence-corrected chi connectivity index (χ1v) is 9.22. The molecule has 0 spiro atoms. The Balaban J connectivity index is 2.96. The van der Waals surface area contributed by atoms with Gasteiger partial charge in [0.05, 0.1) is 8.07 Å². The van der Waals surface area contributed by atoms with Gasteiger partial charge in [0.15, 0.2) is 0 Å². The Bertz CT molecular complexity index is 355. The number of nitrogens with two attached hydrogens (primary N) is 1. The van der Waals surface area contributed by atoms with E-state index in [-0.39, 0.29) is 0 Å². The van der Waals surface area contributed by atoms with Crippen molar-refractivity contribution >= 4 is 13.3 Å². The fraction of sp³-hybridized carbons (Fsp3) is 0.467. The van der Waals surface area contributed by atoms with Crippen molar-refractivity contribution < 1.29 is 0 Å². The van der Waals surface area contributed by atoms with Crippen LogP contribution in [0.2, 0.25) is 18.1 Å². The van der Waals surface area contributed by atoms with Crippen LogP contribution in [0.4, 0.5) is 0 Å². The molecule has 0 aliphatic heterocycles. The van der Waals surface area contributed by atoms with E-state index in [0.29, 0.717) is 0 Å². The van der Waals surface area contributed by atoms with Gasteiger partial charge in [-0.15, -0.1) is 0 Å². The van der Waals surface area contributed by atoms with E-state index in [0.717, 1.165) is 12.1 Å². The molecule has 1 nitrogen and oxygen atoms in total. The monoisotopic (exact) mass is 247 g/mol. The SMILES string of the molecule is C=C(N)Cc1ccc([Si](CC)(CC)CC)cc1. The van der Waals surface area contributed by atoms with Crippen molar-refractivity contribution in [3.05, 3.63) is 42.1 Å². The van der Waals surface area contributed by atoms with Gasteiger partial charge in [0.2, 0.25) is 0 Å². The van der Waals surface area contributed by atoms with Gasteiger partial charge in [-0.2, -0.15) is 0 Å². The molecule has 1 aromatic carbocycles. The van der Waals surface area contributed by atoms with Crippen molar-refractivity contribution in [2.75, 3.05) is 0 Å². The highest BCUT2D eigenvalue weighted by Crippen LogP contribution is 2.20. The third-order valence-electron chi connectivity index (χ3n) is 4.03. The summed E-state index contributed by atoms with van der Waals surface area (Å²) in [5, 5.41) is 1.59. The third-order valence-corrected chi connectivity index (χ3v) is 9.65. The second-order valence-corrected chi connectivity index (χ2v) is 10.1. The van der Waals surface area contributed by atoms with E-state index in [4.69, 9.17) is 5.73 Å². The van der Waals surface area contributed by atoms with Crippen molar-refractivity contribution in [2.45, 2.75) is 45.3 Å². The van der Waals surface area contributed by atoms with E-state index >= 15 is 0 Å². The molecule has 0 bridgehead atoms. The van der Waals surface area contributed by atoms with E-state index in [9.17, 15) is 0 Å². The first-order valence-electron chi connectivity index (χ1n) is 6.60. The summed E-state index contributed by atoms with van der Waals surface area (Å²) in [6.07, 6.45) is 0.791. The fourth-order valence-corrected chi connectivity index (χ4v) is 6.20. The predicted octanol–water partition coefficient (Wildman–Crippen LogP) is 3.42. The largest absolute Gasteiger partial charge is 0.402 e. The van der Waals surface area contributed by atoms with Crippen molar-refractivity contribution in [2.24, 2.45) is 5.73 Å². The highest BCUT2D eigenvalue weighted by Gasteiger charge is 2.28. The summed E-state index contributed by atoms with van der Waals surface area (Å²) >= 11 is 0. The molecule has 0 aromatic heterocycles. The van der Waals surface area contributed by atoms with E-state index in [2.05, 4.69) is 51.6 Å². The molecule has 0 unspecified atom stereocenters. The summed E-state index contributed by atoms with van der Waals surface area (Å²) in [7, 11) is -1.21. The zero-order chi connectivity index (χ0) is 12.9. The lowest BCUT2D eigenvalue weighted by atomic mass is 10.1.